The summed E-state index contributed by atoms with van der Waals surface area (Å²) in [4.78, 5) is 20.8. The normalized spacial score (nSPS) is 10.5. The smallest absolute Gasteiger partial charge is 0.255 e. The molecule has 1 heterocycles. The first-order valence-corrected chi connectivity index (χ1v) is 7.94. The highest BCUT2D eigenvalue weighted by atomic mass is 35.5. The molecule has 0 aliphatic rings. The summed E-state index contributed by atoms with van der Waals surface area (Å²) in [5.41, 5.74) is 2.74. The molecule has 4 nitrogen and oxygen atoms in total. The van der Waals surface area contributed by atoms with Gasteiger partial charge in [0.15, 0.2) is 0 Å². The van der Waals surface area contributed by atoms with Crippen LogP contribution in [-0.4, -0.2) is 15.9 Å². The van der Waals surface area contributed by atoms with E-state index >= 15 is 0 Å². The van der Waals surface area contributed by atoms with Gasteiger partial charge in [0.05, 0.1) is 5.69 Å². The maximum absolute atomic E-state index is 12.4. The van der Waals surface area contributed by atoms with Gasteiger partial charge in [-0.2, -0.15) is 0 Å². The summed E-state index contributed by atoms with van der Waals surface area (Å²) in [5, 5.41) is 3.67. The zero-order valence-corrected chi connectivity index (χ0v) is 14.3. The predicted molar refractivity (Wildman–Crippen MR) is 96.6 cm³/mol. The third-order valence-corrected chi connectivity index (χ3v) is 3.75. The predicted octanol–water partition coefficient (Wildman–Crippen LogP) is 5.01. The van der Waals surface area contributed by atoms with Crippen LogP contribution in [0.25, 0.3) is 11.3 Å². The molecule has 0 bridgehead atoms. The Labute approximate surface area is 149 Å². The minimum absolute atomic E-state index is 0.282. The molecule has 120 valence electrons. The van der Waals surface area contributed by atoms with E-state index < -0.39 is 0 Å². The van der Waals surface area contributed by atoms with Crippen molar-refractivity contribution in [2.24, 2.45) is 0 Å². The van der Waals surface area contributed by atoms with E-state index in [4.69, 9.17) is 23.2 Å². The zero-order chi connectivity index (χ0) is 17.1. The fourth-order valence-electron chi connectivity index (χ4n) is 2.26. The molecular weight excluding hydrogens is 345 g/mol. The van der Waals surface area contributed by atoms with Crippen LogP contribution >= 0.6 is 23.2 Å². The van der Waals surface area contributed by atoms with Gasteiger partial charge in [-0.1, -0.05) is 35.3 Å². The van der Waals surface area contributed by atoms with E-state index in [0.717, 1.165) is 11.3 Å². The molecular formula is C18H13Cl2N3O. The van der Waals surface area contributed by atoms with Gasteiger partial charge in [0, 0.05) is 33.1 Å². The van der Waals surface area contributed by atoms with Crippen molar-refractivity contribution >= 4 is 34.8 Å². The molecule has 0 radical (unpaired) electrons. The van der Waals surface area contributed by atoms with Crippen molar-refractivity contribution in [3.05, 3.63) is 76.2 Å². The molecule has 0 atom stereocenters. The van der Waals surface area contributed by atoms with Gasteiger partial charge >= 0.3 is 0 Å². The van der Waals surface area contributed by atoms with Crippen LogP contribution in [-0.2, 0) is 0 Å². The number of amides is 1. The number of rotatable bonds is 3. The Morgan fingerprint density at radius 1 is 1.04 bits per heavy atom. The number of aryl methyl sites for hydroxylation is 1. The summed E-state index contributed by atoms with van der Waals surface area (Å²) in [6.45, 7) is 1.83. The van der Waals surface area contributed by atoms with Crippen molar-refractivity contribution in [3.8, 4) is 11.3 Å². The number of halogens is 2. The SMILES string of the molecule is Cc1nccc(-c2cccc(NC(=O)c3cc(Cl)cc(Cl)c3)c2)n1. The second-order valence-electron chi connectivity index (χ2n) is 5.18. The second-order valence-corrected chi connectivity index (χ2v) is 6.06. The topological polar surface area (TPSA) is 54.9 Å². The molecule has 6 heteroatoms. The standard InChI is InChI=1S/C18H13Cl2N3O/c1-11-21-6-5-17(22-11)12-3-2-4-16(9-12)23-18(24)13-7-14(19)10-15(20)8-13/h2-10H,1H3,(H,23,24). The Bertz CT molecular complexity index is 892. The van der Waals surface area contributed by atoms with Crippen molar-refractivity contribution in [1.82, 2.24) is 9.97 Å². The molecule has 0 saturated carbocycles. The minimum atomic E-state index is -0.282. The third-order valence-electron chi connectivity index (χ3n) is 3.32. The molecule has 1 amide bonds. The summed E-state index contributed by atoms with van der Waals surface area (Å²) in [5.74, 6) is 0.408. The first-order chi connectivity index (χ1) is 11.5. The Balaban J connectivity index is 1.85. The third kappa shape index (κ3) is 3.91. The fraction of sp³-hybridized carbons (Fsp3) is 0.0556. The Morgan fingerprint density at radius 2 is 1.79 bits per heavy atom. The van der Waals surface area contributed by atoms with Crippen molar-refractivity contribution in [2.45, 2.75) is 6.92 Å². The number of nitrogens with zero attached hydrogens (tertiary/aromatic N) is 2. The lowest BCUT2D eigenvalue weighted by molar-refractivity contribution is 0.102. The molecule has 0 fully saturated rings. The summed E-state index contributed by atoms with van der Waals surface area (Å²) in [6.07, 6.45) is 1.71. The average molecular weight is 358 g/mol. The summed E-state index contributed by atoms with van der Waals surface area (Å²) >= 11 is 11.9. The van der Waals surface area contributed by atoms with E-state index in [1.807, 2.05) is 37.3 Å². The average Bonchev–Trinajstić information content (AvgIpc) is 2.54. The Kier molecular flexibility index (Phi) is 4.79. The quantitative estimate of drug-likeness (QED) is 0.716. The molecule has 0 unspecified atom stereocenters. The van der Waals surface area contributed by atoms with Crippen molar-refractivity contribution < 1.29 is 4.79 Å². The number of carbonyl (C=O) groups is 1. The highest BCUT2D eigenvalue weighted by Gasteiger charge is 2.09. The lowest BCUT2D eigenvalue weighted by Gasteiger charge is -2.08. The fourth-order valence-corrected chi connectivity index (χ4v) is 2.79. The van der Waals surface area contributed by atoms with Crippen LogP contribution < -0.4 is 5.32 Å². The van der Waals surface area contributed by atoms with Gasteiger partial charge in [0.2, 0.25) is 0 Å². The van der Waals surface area contributed by atoms with Crippen molar-refractivity contribution in [2.75, 3.05) is 5.32 Å². The number of hydrogen-bond acceptors (Lipinski definition) is 3. The number of hydrogen-bond donors (Lipinski definition) is 1. The van der Waals surface area contributed by atoms with Crippen LogP contribution in [0.2, 0.25) is 10.0 Å². The van der Waals surface area contributed by atoms with Gasteiger partial charge in [-0.25, -0.2) is 9.97 Å². The highest BCUT2D eigenvalue weighted by molar-refractivity contribution is 6.35. The first-order valence-electron chi connectivity index (χ1n) is 7.19. The molecule has 1 N–H and O–H groups in total. The molecule has 2 aromatic carbocycles. The van der Waals surface area contributed by atoms with Gasteiger partial charge in [-0.3, -0.25) is 4.79 Å². The number of aromatic nitrogens is 2. The Morgan fingerprint density at radius 3 is 2.50 bits per heavy atom. The molecule has 0 spiro atoms. The van der Waals surface area contributed by atoms with E-state index in [-0.39, 0.29) is 5.91 Å². The van der Waals surface area contributed by atoms with E-state index in [0.29, 0.717) is 27.1 Å². The number of benzene rings is 2. The lowest BCUT2D eigenvalue weighted by Crippen LogP contribution is -2.11. The van der Waals surface area contributed by atoms with Gasteiger partial charge in [-0.05, 0) is 43.3 Å². The van der Waals surface area contributed by atoms with Crippen molar-refractivity contribution in [3.63, 3.8) is 0 Å². The maximum Gasteiger partial charge on any atom is 0.255 e. The number of carbonyl (C=O) groups excluding carboxylic acids is 1. The molecule has 24 heavy (non-hydrogen) atoms. The van der Waals surface area contributed by atoms with Crippen LogP contribution in [0.1, 0.15) is 16.2 Å². The van der Waals surface area contributed by atoms with Crippen LogP contribution in [0.5, 0.6) is 0 Å². The van der Waals surface area contributed by atoms with E-state index in [1.165, 1.54) is 0 Å². The zero-order valence-electron chi connectivity index (χ0n) is 12.8. The molecule has 3 rings (SSSR count). The van der Waals surface area contributed by atoms with Gasteiger partial charge in [0.1, 0.15) is 5.82 Å². The Hall–Kier alpha value is -2.43. The number of nitrogens with one attached hydrogen (secondary N) is 1. The molecule has 0 aliphatic carbocycles. The summed E-state index contributed by atoms with van der Waals surface area (Å²) in [6, 6.07) is 14.0. The maximum atomic E-state index is 12.4. The van der Waals surface area contributed by atoms with Crippen molar-refractivity contribution in [1.29, 1.82) is 0 Å². The van der Waals surface area contributed by atoms with Crippen LogP contribution in [0.15, 0.2) is 54.7 Å². The summed E-state index contributed by atoms with van der Waals surface area (Å²) < 4.78 is 0. The van der Waals surface area contributed by atoms with Gasteiger partial charge in [0.25, 0.3) is 5.91 Å². The van der Waals surface area contributed by atoms with Crippen LogP contribution in [0.4, 0.5) is 5.69 Å². The second kappa shape index (κ2) is 6.99. The lowest BCUT2D eigenvalue weighted by atomic mass is 10.1. The monoisotopic (exact) mass is 357 g/mol. The highest BCUT2D eigenvalue weighted by Crippen LogP contribution is 2.23. The summed E-state index contributed by atoms with van der Waals surface area (Å²) in [7, 11) is 0. The van der Waals surface area contributed by atoms with Gasteiger partial charge in [-0.15, -0.1) is 0 Å². The van der Waals surface area contributed by atoms with Crippen LogP contribution in [0, 0.1) is 6.92 Å². The number of anilines is 1. The molecule has 3 aromatic rings. The molecule has 0 saturated heterocycles. The van der Waals surface area contributed by atoms with E-state index in [2.05, 4.69) is 15.3 Å². The van der Waals surface area contributed by atoms with Gasteiger partial charge < -0.3 is 5.32 Å². The van der Waals surface area contributed by atoms with E-state index in [9.17, 15) is 4.79 Å². The largest absolute Gasteiger partial charge is 0.322 e. The van der Waals surface area contributed by atoms with Crippen LogP contribution in [0.3, 0.4) is 0 Å². The minimum Gasteiger partial charge on any atom is -0.322 e. The molecule has 0 aliphatic heterocycles. The first kappa shape index (κ1) is 16.4. The van der Waals surface area contributed by atoms with E-state index in [1.54, 1.807) is 24.4 Å². The molecule has 1 aromatic heterocycles.